The molecule has 0 aliphatic rings. The van der Waals surface area contributed by atoms with Crippen molar-refractivity contribution in [2.75, 3.05) is 18.6 Å². The maximum Gasteiger partial charge on any atom is 0.326 e. The fourth-order valence-corrected chi connectivity index (χ4v) is 3.17. The molecule has 1 rings (SSSR count). The fraction of sp³-hybridized carbons (Fsp3) is 0.450. The molecule has 0 saturated carbocycles. The van der Waals surface area contributed by atoms with Crippen molar-refractivity contribution in [1.82, 2.24) is 16.0 Å². The van der Waals surface area contributed by atoms with E-state index in [9.17, 15) is 34.2 Å². The Hall–Kier alpha value is -3.32. The number of carboxylic acid groups (broad SMARTS) is 1. The third-order valence-corrected chi connectivity index (χ3v) is 5.08. The molecule has 0 spiro atoms. The topological polar surface area (TPSA) is 214 Å². The van der Waals surface area contributed by atoms with Gasteiger partial charge in [0, 0.05) is 6.42 Å². The van der Waals surface area contributed by atoms with Gasteiger partial charge in [-0.15, -0.1) is 0 Å². The highest BCUT2D eigenvalue weighted by molar-refractivity contribution is 7.98. The molecule has 13 heteroatoms. The van der Waals surface area contributed by atoms with Crippen LogP contribution in [-0.2, 0) is 30.4 Å². The maximum atomic E-state index is 12.5. The molecule has 0 aliphatic heterocycles. The van der Waals surface area contributed by atoms with Gasteiger partial charge in [-0.2, -0.15) is 11.8 Å². The molecular formula is C20H29N5O7S. The summed E-state index contributed by atoms with van der Waals surface area (Å²) in [5.41, 5.74) is 11.2. The Morgan fingerprint density at radius 3 is 2.21 bits per heavy atom. The number of aliphatic carboxylic acids is 1. The molecule has 3 atom stereocenters. The zero-order valence-corrected chi connectivity index (χ0v) is 18.9. The first-order valence-corrected chi connectivity index (χ1v) is 11.3. The quantitative estimate of drug-likeness (QED) is 0.156. The molecule has 0 saturated heterocycles. The minimum atomic E-state index is -1.27. The summed E-state index contributed by atoms with van der Waals surface area (Å²) >= 11 is 1.43. The lowest BCUT2D eigenvalue weighted by Gasteiger charge is -2.20. The van der Waals surface area contributed by atoms with Crippen molar-refractivity contribution < 1.29 is 34.2 Å². The van der Waals surface area contributed by atoms with Gasteiger partial charge in [-0.1, -0.05) is 12.1 Å². The molecule has 1 aromatic carbocycles. The van der Waals surface area contributed by atoms with Crippen molar-refractivity contribution in [3.8, 4) is 5.75 Å². The Morgan fingerprint density at radius 1 is 1.03 bits per heavy atom. The van der Waals surface area contributed by atoms with E-state index in [4.69, 9.17) is 11.5 Å². The van der Waals surface area contributed by atoms with Gasteiger partial charge in [-0.3, -0.25) is 19.2 Å². The number of primary amides is 1. The normalized spacial score (nSPS) is 13.3. The van der Waals surface area contributed by atoms with Crippen molar-refractivity contribution in [2.45, 2.75) is 37.4 Å². The van der Waals surface area contributed by atoms with Crippen LogP contribution in [0, 0.1) is 0 Å². The molecule has 0 bridgehead atoms. The van der Waals surface area contributed by atoms with Crippen LogP contribution < -0.4 is 27.4 Å². The Labute approximate surface area is 194 Å². The van der Waals surface area contributed by atoms with Crippen LogP contribution in [-0.4, -0.2) is 76.5 Å². The molecule has 182 valence electrons. The number of nitrogens with one attached hydrogen (secondary N) is 3. The van der Waals surface area contributed by atoms with E-state index in [2.05, 4.69) is 16.0 Å². The summed E-state index contributed by atoms with van der Waals surface area (Å²) in [6.07, 6.45) is 1.63. The lowest BCUT2D eigenvalue weighted by molar-refractivity contribution is -0.141. The summed E-state index contributed by atoms with van der Waals surface area (Å²) in [5, 5.41) is 25.8. The van der Waals surface area contributed by atoms with Crippen molar-refractivity contribution in [3.63, 3.8) is 0 Å². The van der Waals surface area contributed by atoms with Crippen LogP contribution >= 0.6 is 11.8 Å². The first-order chi connectivity index (χ1) is 15.5. The van der Waals surface area contributed by atoms with Gasteiger partial charge in [-0.25, -0.2) is 4.79 Å². The van der Waals surface area contributed by atoms with Crippen molar-refractivity contribution in [2.24, 2.45) is 11.5 Å². The molecule has 0 heterocycles. The summed E-state index contributed by atoms with van der Waals surface area (Å²) in [6, 6.07) is 2.37. The molecule has 0 radical (unpaired) electrons. The second kappa shape index (κ2) is 14.0. The zero-order valence-electron chi connectivity index (χ0n) is 18.1. The second-order valence-corrected chi connectivity index (χ2v) is 8.15. The number of carbonyl (C=O) groups excluding carboxylic acids is 4. The van der Waals surface area contributed by atoms with Gasteiger partial charge in [0.05, 0.1) is 19.0 Å². The number of thioether (sulfide) groups is 1. The first-order valence-electron chi connectivity index (χ1n) is 9.94. The zero-order chi connectivity index (χ0) is 25.0. The standard InChI is InChI=1S/C20H29N5O7S/c1-33-7-6-14(25-18(29)13(21)9-16(22)27)19(30)23-10-17(28)24-15(20(31)32)8-11-2-4-12(26)5-3-11/h2-5,13-15,26H,6-10,21H2,1H3,(H2,22,27)(H,23,30)(H,24,28)(H,25,29)(H,31,32). The summed E-state index contributed by atoms with van der Waals surface area (Å²) < 4.78 is 0. The van der Waals surface area contributed by atoms with E-state index in [1.54, 1.807) is 0 Å². The highest BCUT2D eigenvalue weighted by Crippen LogP contribution is 2.11. The van der Waals surface area contributed by atoms with Gasteiger partial charge >= 0.3 is 5.97 Å². The van der Waals surface area contributed by atoms with Gasteiger partial charge in [0.2, 0.25) is 23.6 Å². The van der Waals surface area contributed by atoms with Crippen molar-refractivity contribution in [3.05, 3.63) is 29.8 Å². The number of aromatic hydroxyl groups is 1. The Balaban J connectivity index is 2.66. The van der Waals surface area contributed by atoms with Crippen LogP contribution in [0.25, 0.3) is 0 Å². The van der Waals surface area contributed by atoms with E-state index in [1.807, 2.05) is 6.26 Å². The van der Waals surface area contributed by atoms with Gasteiger partial charge in [0.1, 0.15) is 17.8 Å². The van der Waals surface area contributed by atoms with E-state index >= 15 is 0 Å². The molecule has 12 nitrogen and oxygen atoms in total. The summed E-state index contributed by atoms with van der Waals surface area (Å²) in [5.74, 6) is -3.63. The molecular weight excluding hydrogens is 454 g/mol. The van der Waals surface area contributed by atoms with Gasteiger partial charge in [0.25, 0.3) is 0 Å². The van der Waals surface area contributed by atoms with Crippen LogP contribution in [0.2, 0.25) is 0 Å². The smallest absolute Gasteiger partial charge is 0.326 e. The van der Waals surface area contributed by atoms with E-state index < -0.39 is 54.3 Å². The predicted octanol–water partition coefficient (Wildman–Crippen LogP) is -1.94. The Kier molecular flexibility index (Phi) is 11.7. The number of phenols is 1. The summed E-state index contributed by atoms with van der Waals surface area (Å²) in [7, 11) is 0. The minimum absolute atomic E-state index is 0.0241. The number of carbonyl (C=O) groups is 5. The predicted molar refractivity (Wildman–Crippen MR) is 121 cm³/mol. The fourth-order valence-electron chi connectivity index (χ4n) is 2.70. The van der Waals surface area contributed by atoms with E-state index in [1.165, 1.54) is 36.0 Å². The highest BCUT2D eigenvalue weighted by Gasteiger charge is 2.25. The number of hydrogen-bond acceptors (Lipinski definition) is 8. The van der Waals surface area contributed by atoms with Crippen molar-refractivity contribution in [1.29, 1.82) is 0 Å². The van der Waals surface area contributed by atoms with Crippen LogP contribution in [0.15, 0.2) is 24.3 Å². The number of phenolic OH excluding ortho intramolecular Hbond substituents is 1. The van der Waals surface area contributed by atoms with E-state index in [0.717, 1.165) is 0 Å². The molecule has 0 aliphatic carbocycles. The molecule has 33 heavy (non-hydrogen) atoms. The third kappa shape index (κ3) is 10.7. The first kappa shape index (κ1) is 27.7. The average molecular weight is 484 g/mol. The number of benzene rings is 1. The summed E-state index contributed by atoms with van der Waals surface area (Å²) in [6.45, 7) is -0.517. The molecule has 4 amide bonds. The van der Waals surface area contributed by atoms with Crippen LogP contribution in [0.4, 0.5) is 0 Å². The number of amides is 4. The number of hydrogen-bond donors (Lipinski definition) is 7. The van der Waals surface area contributed by atoms with E-state index in [-0.39, 0.29) is 25.0 Å². The van der Waals surface area contributed by atoms with Gasteiger partial charge < -0.3 is 37.6 Å². The number of carboxylic acids is 1. The van der Waals surface area contributed by atoms with Crippen LogP contribution in [0.5, 0.6) is 5.75 Å². The molecule has 0 aromatic heterocycles. The van der Waals surface area contributed by atoms with Gasteiger partial charge in [0.15, 0.2) is 0 Å². The van der Waals surface area contributed by atoms with Gasteiger partial charge in [-0.05, 0) is 36.1 Å². The number of nitrogens with two attached hydrogens (primary N) is 2. The van der Waals surface area contributed by atoms with E-state index in [0.29, 0.717) is 11.3 Å². The lowest BCUT2D eigenvalue weighted by Crippen LogP contribution is -2.54. The molecule has 1 aromatic rings. The molecule has 0 fully saturated rings. The monoisotopic (exact) mass is 483 g/mol. The highest BCUT2D eigenvalue weighted by atomic mass is 32.2. The largest absolute Gasteiger partial charge is 0.508 e. The van der Waals surface area contributed by atoms with Crippen LogP contribution in [0.1, 0.15) is 18.4 Å². The summed E-state index contributed by atoms with van der Waals surface area (Å²) in [4.78, 5) is 59.2. The Morgan fingerprint density at radius 2 is 1.67 bits per heavy atom. The second-order valence-electron chi connectivity index (χ2n) is 7.17. The Bertz CT molecular complexity index is 850. The average Bonchev–Trinajstić information content (AvgIpc) is 2.75. The van der Waals surface area contributed by atoms with Crippen LogP contribution in [0.3, 0.4) is 0 Å². The van der Waals surface area contributed by atoms with Crippen molar-refractivity contribution >= 4 is 41.4 Å². The third-order valence-electron chi connectivity index (χ3n) is 4.43. The minimum Gasteiger partial charge on any atom is -0.508 e. The lowest BCUT2D eigenvalue weighted by atomic mass is 10.1. The molecule has 9 N–H and O–H groups in total. The SMILES string of the molecule is CSCCC(NC(=O)C(N)CC(N)=O)C(=O)NCC(=O)NC(Cc1ccc(O)cc1)C(=O)O. The molecule has 3 unspecified atom stereocenters. The number of rotatable bonds is 14. The maximum absolute atomic E-state index is 12.5.